The third kappa shape index (κ3) is 1.83. The smallest absolute Gasteiger partial charge is 0.0477 e. The lowest BCUT2D eigenvalue weighted by Gasteiger charge is -2.30. The number of aryl methyl sites for hydroxylation is 1. The first-order valence-electron chi connectivity index (χ1n) is 5.87. The Hall–Kier alpha value is -1.34. The van der Waals surface area contributed by atoms with E-state index in [0.717, 1.165) is 25.8 Å². The van der Waals surface area contributed by atoms with E-state index in [1.54, 1.807) is 0 Å². The average Bonchev–Trinajstić information content (AvgIpc) is 2.68. The number of nitrogens with one attached hydrogen (secondary N) is 1. The molecule has 0 bridgehead atoms. The minimum atomic E-state index is 0.0898. The predicted molar refractivity (Wildman–Crippen MR) is 69.5 cm³/mol. The quantitative estimate of drug-likeness (QED) is 0.741. The van der Waals surface area contributed by atoms with Crippen LogP contribution in [0.1, 0.15) is 24.0 Å². The topological polar surface area (TPSA) is 12.0 Å². The Morgan fingerprint density at radius 3 is 2.81 bits per heavy atom. The van der Waals surface area contributed by atoms with E-state index in [0.29, 0.717) is 0 Å². The summed E-state index contributed by atoms with van der Waals surface area (Å²) < 4.78 is 0. The standard InChI is InChI=1S/C15H19N/c1-3-10-15(16-12-4-2)11-9-13-7-5-6-8-14(13)15/h3-8,16H,1-2,9-12H2. The zero-order chi connectivity index (χ0) is 11.4. The Labute approximate surface area is 97.9 Å². The molecule has 2 rings (SSSR count). The van der Waals surface area contributed by atoms with Crippen LogP contribution in [0.25, 0.3) is 0 Å². The lowest BCUT2D eigenvalue weighted by molar-refractivity contribution is 0.349. The molecule has 0 heterocycles. The van der Waals surface area contributed by atoms with Gasteiger partial charge in [0.05, 0.1) is 0 Å². The van der Waals surface area contributed by atoms with Gasteiger partial charge in [0, 0.05) is 12.1 Å². The van der Waals surface area contributed by atoms with Crippen LogP contribution in [0.3, 0.4) is 0 Å². The zero-order valence-corrected chi connectivity index (χ0v) is 9.71. The van der Waals surface area contributed by atoms with Gasteiger partial charge >= 0.3 is 0 Å². The van der Waals surface area contributed by atoms with Crippen LogP contribution in [0.2, 0.25) is 0 Å². The van der Waals surface area contributed by atoms with E-state index in [4.69, 9.17) is 0 Å². The Morgan fingerprint density at radius 1 is 1.25 bits per heavy atom. The molecule has 0 amide bonds. The SMILES string of the molecule is C=CCNC1(CC=C)CCc2ccccc21. The van der Waals surface area contributed by atoms with Gasteiger partial charge in [0.15, 0.2) is 0 Å². The predicted octanol–water partition coefficient (Wildman–Crippen LogP) is 3.18. The average molecular weight is 213 g/mol. The molecule has 0 radical (unpaired) electrons. The maximum absolute atomic E-state index is 3.88. The molecule has 0 saturated heterocycles. The molecule has 1 unspecified atom stereocenters. The second kappa shape index (κ2) is 4.67. The summed E-state index contributed by atoms with van der Waals surface area (Å²) in [4.78, 5) is 0. The lowest BCUT2D eigenvalue weighted by atomic mass is 9.88. The molecule has 1 aromatic rings. The summed E-state index contributed by atoms with van der Waals surface area (Å²) in [6, 6.07) is 8.71. The van der Waals surface area contributed by atoms with E-state index < -0.39 is 0 Å². The van der Waals surface area contributed by atoms with Crippen molar-refractivity contribution in [2.45, 2.75) is 24.8 Å². The number of benzene rings is 1. The molecule has 0 aromatic heterocycles. The highest BCUT2D eigenvalue weighted by molar-refractivity contribution is 5.39. The molecule has 1 aliphatic carbocycles. The van der Waals surface area contributed by atoms with Crippen molar-refractivity contribution in [1.29, 1.82) is 0 Å². The summed E-state index contributed by atoms with van der Waals surface area (Å²) in [6.07, 6.45) is 7.24. The molecule has 0 aliphatic heterocycles. The Morgan fingerprint density at radius 2 is 2.06 bits per heavy atom. The van der Waals surface area contributed by atoms with Crippen molar-refractivity contribution in [3.05, 3.63) is 60.7 Å². The maximum Gasteiger partial charge on any atom is 0.0477 e. The van der Waals surface area contributed by atoms with E-state index in [1.165, 1.54) is 11.1 Å². The van der Waals surface area contributed by atoms with Crippen LogP contribution in [0, 0.1) is 0 Å². The van der Waals surface area contributed by atoms with Crippen LogP contribution < -0.4 is 5.32 Å². The summed E-state index contributed by atoms with van der Waals surface area (Å²) >= 11 is 0. The van der Waals surface area contributed by atoms with Gasteiger partial charge in [-0.3, -0.25) is 0 Å². The second-order valence-corrected chi connectivity index (χ2v) is 4.40. The zero-order valence-electron chi connectivity index (χ0n) is 9.71. The molecule has 84 valence electrons. The van der Waals surface area contributed by atoms with Crippen LogP contribution in [0.4, 0.5) is 0 Å². The fraction of sp³-hybridized carbons (Fsp3) is 0.333. The highest BCUT2D eigenvalue weighted by atomic mass is 15.0. The summed E-state index contributed by atoms with van der Waals surface area (Å²) in [5, 5.41) is 3.61. The van der Waals surface area contributed by atoms with Crippen LogP contribution in [0.5, 0.6) is 0 Å². The van der Waals surface area contributed by atoms with Crippen molar-refractivity contribution in [2.24, 2.45) is 0 Å². The van der Waals surface area contributed by atoms with Gasteiger partial charge in [0.25, 0.3) is 0 Å². The fourth-order valence-electron chi connectivity index (χ4n) is 2.67. The van der Waals surface area contributed by atoms with Gasteiger partial charge in [-0.15, -0.1) is 13.2 Å². The first-order valence-corrected chi connectivity index (χ1v) is 5.87. The van der Waals surface area contributed by atoms with Crippen LogP contribution in [0.15, 0.2) is 49.6 Å². The first kappa shape index (κ1) is 11.2. The van der Waals surface area contributed by atoms with Gasteiger partial charge in [0.2, 0.25) is 0 Å². The largest absolute Gasteiger partial charge is 0.304 e. The Balaban J connectivity index is 2.34. The third-order valence-corrected chi connectivity index (χ3v) is 3.43. The Bertz CT molecular complexity index is 394. The van der Waals surface area contributed by atoms with Gasteiger partial charge < -0.3 is 5.32 Å². The molecule has 0 saturated carbocycles. The molecule has 1 aromatic carbocycles. The van der Waals surface area contributed by atoms with Crippen LogP contribution >= 0.6 is 0 Å². The normalized spacial score (nSPS) is 22.8. The fourth-order valence-corrected chi connectivity index (χ4v) is 2.67. The molecule has 0 fully saturated rings. The number of rotatable bonds is 5. The van der Waals surface area contributed by atoms with E-state index in [-0.39, 0.29) is 5.54 Å². The van der Waals surface area contributed by atoms with Gasteiger partial charge in [-0.05, 0) is 30.4 Å². The Kier molecular flexibility index (Phi) is 3.25. The molecule has 1 aliphatic rings. The van der Waals surface area contributed by atoms with Gasteiger partial charge in [-0.25, -0.2) is 0 Å². The summed E-state index contributed by atoms with van der Waals surface area (Å²) in [5.41, 5.74) is 3.00. The van der Waals surface area contributed by atoms with Crippen molar-refractivity contribution >= 4 is 0 Å². The highest BCUT2D eigenvalue weighted by Crippen LogP contribution is 2.39. The highest BCUT2D eigenvalue weighted by Gasteiger charge is 2.36. The lowest BCUT2D eigenvalue weighted by Crippen LogP contribution is -2.40. The van der Waals surface area contributed by atoms with Crippen LogP contribution in [-0.2, 0) is 12.0 Å². The van der Waals surface area contributed by atoms with Gasteiger partial charge in [0.1, 0.15) is 0 Å². The van der Waals surface area contributed by atoms with Crippen molar-refractivity contribution in [1.82, 2.24) is 5.32 Å². The molecular formula is C15H19N. The van der Waals surface area contributed by atoms with Crippen LogP contribution in [-0.4, -0.2) is 6.54 Å². The molecule has 1 heteroatoms. The number of hydrogen-bond acceptors (Lipinski definition) is 1. The summed E-state index contributed by atoms with van der Waals surface area (Å²) in [5.74, 6) is 0. The summed E-state index contributed by atoms with van der Waals surface area (Å²) in [7, 11) is 0. The minimum Gasteiger partial charge on any atom is -0.304 e. The van der Waals surface area contributed by atoms with E-state index in [9.17, 15) is 0 Å². The van der Waals surface area contributed by atoms with E-state index in [1.807, 2.05) is 12.2 Å². The van der Waals surface area contributed by atoms with Gasteiger partial charge in [-0.2, -0.15) is 0 Å². The molecule has 1 nitrogen and oxygen atoms in total. The number of hydrogen-bond donors (Lipinski definition) is 1. The van der Waals surface area contributed by atoms with Crippen molar-refractivity contribution in [3.63, 3.8) is 0 Å². The van der Waals surface area contributed by atoms with Crippen molar-refractivity contribution in [2.75, 3.05) is 6.54 Å². The maximum atomic E-state index is 3.88. The monoisotopic (exact) mass is 213 g/mol. The van der Waals surface area contributed by atoms with E-state index >= 15 is 0 Å². The molecule has 0 spiro atoms. The molecule has 1 atom stereocenters. The molecule has 16 heavy (non-hydrogen) atoms. The van der Waals surface area contributed by atoms with Gasteiger partial charge in [-0.1, -0.05) is 36.4 Å². The minimum absolute atomic E-state index is 0.0898. The van der Waals surface area contributed by atoms with E-state index in [2.05, 4.69) is 42.7 Å². The van der Waals surface area contributed by atoms with Crippen molar-refractivity contribution < 1.29 is 0 Å². The third-order valence-electron chi connectivity index (χ3n) is 3.43. The summed E-state index contributed by atoms with van der Waals surface area (Å²) in [6.45, 7) is 8.51. The molecule has 1 N–H and O–H groups in total. The number of fused-ring (bicyclic) bond motifs is 1. The molecular weight excluding hydrogens is 194 g/mol. The first-order chi connectivity index (χ1) is 7.82. The van der Waals surface area contributed by atoms with Crippen molar-refractivity contribution in [3.8, 4) is 0 Å². The second-order valence-electron chi connectivity index (χ2n) is 4.40.